The molecular weight excluding hydrogens is 179 g/mol. The van der Waals surface area contributed by atoms with Gasteiger partial charge in [0.25, 0.3) is 0 Å². The summed E-state index contributed by atoms with van der Waals surface area (Å²) in [7, 11) is 0. The number of nitrogens with two attached hydrogens (primary N) is 1. The first-order valence-electron chi connectivity index (χ1n) is 4.43. The van der Waals surface area contributed by atoms with Crippen molar-refractivity contribution in [1.29, 1.82) is 0 Å². The van der Waals surface area contributed by atoms with Crippen LogP contribution in [0.15, 0.2) is 36.5 Å². The molecule has 1 aromatic heterocycles. The lowest BCUT2D eigenvalue weighted by molar-refractivity contribution is 0.627. The monoisotopic (exact) mass is 190 g/mol. The van der Waals surface area contributed by atoms with Crippen molar-refractivity contribution in [2.24, 2.45) is 5.73 Å². The number of halogens is 1. The topological polar surface area (TPSA) is 41.8 Å². The highest BCUT2D eigenvalue weighted by Gasteiger charge is 2.05. The van der Waals surface area contributed by atoms with Crippen LogP contribution in [0.4, 0.5) is 4.39 Å². The van der Waals surface area contributed by atoms with Gasteiger partial charge in [-0.2, -0.15) is 0 Å². The predicted molar refractivity (Wildman–Crippen MR) is 54.1 cm³/mol. The summed E-state index contributed by atoms with van der Waals surface area (Å²) in [5.41, 5.74) is 8.23. The van der Waals surface area contributed by atoms with E-state index in [-0.39, 0.29) is 5.82 Å². The van der Waals surface area contributed by atoms with Gasteiger partial charge >= 0.3 is 0 Å². The van der Waals surface area contributed by atoms with Gasteiger partial charge in [-0.05, 0) is 29.8 Å². The zero-order chi connectivity index (χ0) is 9.97. The van der Waals surface area contributed by atoms with Gasteiger partial charge in [-0.25, -0.2) is 4.39 Å². The van der Waals surface area contributed by atoms with Crippen LogP contribution in [0.25, 0.3) is 11.3 Å². The van der Waals surface area contributed by atoms with Crippen molar-refractivity contribution in [3.63, 3.8) is 0 Å². The Labute approximate surface area is 81.6 Å². The first kappa shape index (κ1) is 8.97. The van der Waals surface area contributed by atoms with Crippen LogP contribution < -0.4 is 5.73 Å². The van der Waals surface area contributed by atoms with E-state index < -0.39 is 0 Å². The molecule has 0 atom stereocenters. The van der Waals surface area contributed by atoms with Crippen LogP contribution in [0, 0.1) is 5.82 Å². The SMILES string of the molecule is NCc1ccc(F)cc1-c1ccc[nH]1. The van der Waals surface area contributed by atoms with Crippen molar-refractivity contribution in [2.75, 3.05) is 0 Å². The second-order valence-electron chi connectivity index (χ2n) is 3.09. The molecular formula is C11H11FN2. The van der Waals surface area contributed by atoms with E-state index >= 15 is 0 Å². The van der Waals surface area contributed by atoms with Gasteiger partial charge in [0.15, 0.2) is 0 Å². The Hall–Kier alpha value is -1.61. The molecule has 3 heteroatoms. The fourth-order valence-corrected chi connectivity index (χ4v) is 1.48. The summed E-state index contributed by atoms with van der Waals surface area (Å²) in [6, 6.07) is 8.41. The Morgan fingerprint density at radius 1 is 1.29 bits per heavy atom. The molecule has 14 heavy (non-hydrogen) atoms. The van der Waals surface area contributed by atoms with Gasteiger partial charge < -0.3 is 10.7 Å². The van der Waals surface area contributed by atoms with Crippen LogP contribution in [0.5, 0.6) is 0 Å². The van der Waals surface area contributed by atoms with Crippen molar-refractivity contribution < 1.29 is 4.39 Å². The predicted octanol–water partition coefficient (Wildman–Crippen LogP) is 2.28. The van der Waals surface area contributed by atoms with Crippen LogP contribution in [-0.2, 0) is 6.54 Å². The molecule has 1 heterocycles. The molecule has 2 rings (SSSR count). The smallest absolute Gasteiger partial charge is 0.123 e. The molecule has 0 aliphatic rings. The van der Waals surface area contributed by atoms with E-state index in [1.54, 1.807) is 12.3 Å². The summed E-state index contributed by atoms with van der Waals surface area (Å²) >= 11 is 0. The van der Waals surface area contributed by atoms with Gasteiger partial charge in [0.2, 0.25) is 0 Å². The van der Waals surface area contributed by atoms with Crippen molar-refractivity contribution in [1.82, 2.24) is 4.98 Å². The molecule has 0 amide bonds. The molecule has 3 N–H and O–H groups in total. The van der Waals surface area contributed by atoms with Crippen LogP contribution >= 0.6 is 0 Å². The number of nitrogens with one attached hydrogen (secondary N) is 1. The lowest BCUT2D eigenvalue weighted by Gasteiger charge is -2.05. The summed E-state index contributed by atoms with van der Waals surface area (Å²) in [6.45, 7) is 0.411. The summed E-state index contributed by atoms with van der Waals surface area (Å²) < 4.78 is 13.0. The number of hydrogen-bond acceptors (Lipinski definition) is 1. The molecule has 0 radical (unpaired) electrons. The van der Waals surface area contributed by atoms with E-state index in [4.69, 9.17) is 5.73 Å². The third-order valence-electron chi connectivity index (χ3n) is 2.18. The fraction of sp³-hybridized carbons (Fsp3) is 0.0909. The standard InChI is InChI=1S/C11H11FN2/c12-9-4-3-8(7-13)10(6-9)11-2-1-5-14-11/h1-6,14H,7,13H2. The molecule has 0 aliphatic heterocycles. The molecule has 0 fully saturated rings. The summed E-state index contributed by atoms with van der Waals surface area (Å²) in [5, 5.41) is 0. The van der Waals surface area contributed by atoms with E-state index in [0.29, 0.717) is 6.54 Å². The maximum atomic E-state index is 13.0. The van der Waals surface area contributed by atoms with Crippen molar-refractivity contribution in [3.8, 4) is 11.3 Å². The molecule has 1 aromatic carbocycles. The van der Waals surface area contributed by atoms with Gasteiger partial charge in [0.05, 0.1) is 0 Å². The minimum Gasteiger partial charge on any atom is -0.361 e. The molecule has 0 aliphatic carbocycles. The van der Waals surface area contributed by atoms with Crippen LogP contribution in [0.2, 0.25) is 0 Å². The Bertz CT molecular complexity index is 421. The van der Waals surface area contributed by atoms with Gasteiger partial charge in [0.1, 0.15) is 5.82 Å². The molecule has 2 aromatic rings. The summed E-state index contributed by atoms with van der Waals surface area (Å²) in [5.74, 6) is -0.244. The highest BCUT2D eigenvalue weighted by Crippen LogP contribution is 2.22. The highest BCUT2D eigenvalue weighted by molar-refractivity contribution is 5.63. The second kappa shape index (κ2) is 3.64. The molecule has 2 nitrogen and oxygen atoms in total. The van der Waals surface area contributed by atoms with E-state index in [2.05, 4.69) is 4.98 Å². The molecule has 0 saturated carbocycles. The average molecular weight is 190 g/mol. The number of benzene rings is 1. The number of hydrogen-bond donors (Lipinski definition) is 2. The number of aromatic nitrogens is 1. The summed E-state index contributed by atoms with van der Waals surface area (Å²) in [6.07, 6.45) is 1.81. The summed E-state index contributed by atoms with van der Waals surface area (Å²) in [4.78, 5) is 3.03. The number of H-pyrrole nitrogens is 1. The second-order valence-corrected chi connectivity index (χ2v) is 3.09. The van der Waals surface area contributed by atoms with Crippen LogP contribution in [0.1, 0.15) is 5.56 Å². The maximum Gasteiger partial charge on any atom is 0.123 e. The Balaban J connectivity index is 2.55. The van der Waals surface area contributed by atoms with E-state index in [1.807, 2.05) is 12.1 Å². The van der Waals surface area contributed by atoms with E-state index in [0.717, 1.165) is 16.8 Å². The molecule has 72 valence electrons. The Morgan fingerprint density at radius 2 is 2.14 bits per heavy atom. The zero-order valence-corrected chi connectivity index (χ0v) is 7.63. The zero-order valence-electron chi connectivity index (χ0n) is 7.63. The Kier molecular flexibility index (Phi) is 2.33. The van der Waals surface area contributed by atoms with E-state index in [1.165, 1.54) is 12.1 Å². The minimum absolute atomic E-state index is 0.244. The lowest BCUT2D eigenvalue weighted by atomic mass is 10.0. The molecule has 0 bridgehead atoms. The van der Waals surface area contributed by atoms with Gasteiger partial charge in [-0.1, -0.05) is 6.07 Å². The van der Waals surface area contributed by atoms with Crippen molar-refractivity contribution >= 4 is 0 Å². The third kappa shape index (κ3) is 1.54. The molecule has 0 saturated heterocycles. The van der Waals surface area contributed by atoms with Crippen molar-refractivity contribution in [3.05, 3.63) is 47.9 Å². The van der Waals surface area contributed by atoms with E-state index in [9.17, 15) is 4.39 Å². The fourth-order valence-electron chi connectivity index (χ4n) is 1.48. The van der Waals surface area contributed by atoms with Crippen molar-refractivity contribution in [2.45, 2.75) is 6.54 Å². The van der Waals surface area contributed by atoms with Gasteiger partial charge in [-0.15, -0.1) is 0 Å². The first-order valence-corrected chi connectivity index (χ1v) is 4.43. The maximum absolute atomic E-state index is 13.0. The highest BCUT2D eigenvalue weighted by atomic mass is 19.1. The quantitative estimate of drug-likeness (QED) is 0.749. The average Bonchev–Trinajstić information content (AvgIpc) is 2.70. The largest absolute Gasteiger partial charge is 0.361 e. The minimum atomic E-state index is -0.244. The van der Waals surface area contributed by atoms with Crippen LogP contribution in [0.3, 0.4) is 0 Å². The Morgan fingerprint density at radius 3 is 2.79 bits per heavy atom. The van der Waals surface area contributed by atoms with Gasteiger partial charge in [-0.3, -0.25) is 0 Å². The third-order valence-corrected chi connectivity index (χ3v) is 2.18. The van der Waals surface area contributed by atoms with Crippen LogP contribution in [-0.4, -0.2) is 4.98 Å². The molecule has 0 unspecified atom stereocenters. The number of rotatable bonds is 2. The molecule has 0 spiro atoms. The number of aromatic amines is 1. The normalized spacial score (nSPS) is 10.4. The lowest BCUT2D eigenvalue weighted by Crippen LogP contribution is -1.99. The first-order chi connectivity index (χ1) is 6.81. The van der Waals surface area contributed by atoms with Gasteiger partial charge in [0, 0.05) is 24.0 Å².